The maximum absolute atomic E-state index is 12.5. The van der Waals surface area contributed by atoms with Crippen LogP contribution in [0.3, 0.4) is 0 Å². The quantitative estimate of drug-likeness (QED) is 0.378. The van der Waals surface area contributed by atoms with Gasteiger partial charge in [0.05, 0.1) is 12.3 Å². The van der Waals surface area contributed by atoms with E-state index >= 15 is 0 Å². The van der Waals surface area contributed by atoms with Crippen LogP contribution in [-0.4, -0.2) is 36.8 Å². The fourth-order valence-electron chi connectivity index (χ4n) is 3.15. The van der Waals surface area contributed by atoms with E-state index in [2.05, 4.69) is 6.58 Å². The Labute approximate surface area is 155 Å². The van der Waals surface area contributed by atoms with Gasteiger partial charge >= 0.3 is 17.9 Å². The predicted molar refractivity (Wildman–Crippen MR) is 95.8 cm³/mol. The van der Waals surface area contributed by atoms with E-state index in [1.807, 2.05) is 0 Å². The number of esters is 3. The molecule has 1 aliphatic rings. The molecule has 0 aromatic rings. The van der Waals surface area contributed by atoms with Gasteiger partial charge in [-0.05, 0) is 12.8 Å². The van der Waals surface area contributed by atoms with Crippen molar-refractivity contribution >= 4 is 17.9 Å². The van der Waals surface area contributed by atoms with Gasteiger partial charge in [-0.15, -0.1) is 0 Å². The molecule has 0 aliphatic heterocycles. The van der Waals surface area contributed by atoms with Gasteiger partial charge in [-0.2, -0.15) is 0 Å². The highest BCUT2D eigenvalue weighted by atomic mass is 16.7. The number of hydrogen-bond donors (Lipinski definition) is 1. The summed E-state index contributed by atoms with van der Waals surface area (Å²) in [6.45, 7) is 8.48. The highest BCUT2D eigenvalue weighted by molar-refractivity contribution is 5.79. The third kappa shape index (κ3) is 6.44. The third-order valence-electron chi connectivity index (χ3n) is 4.66. The first-order valence-corrected chi connectivity index (χ1v) is 9.15. The topological polar surface area (TPSA) is 105 Å². The molecule has 2 N–H and O–H groups in total. The normalized spacial score (nSPS) is 18.5. The van der Waals surface area contributed by atoms with Crippen LogP contribution >= 0.6 is 0 Å². The van der Waals surface area contributed by atoms with Crippen molar-refractivity contribution in [2.24, 2.45) is 17.1 Å². The van der Waals surface area contributed by atoms with Gasteiger partial charge in [-0.3, -0.25) is 14.4 Å². The predicted octanol–water partition coefficient (Wildman–Crippen LogP) is 2.47. The fraction of sp³-hybridized carbons (Fsp3) is 0.737. The van der Waals surface area contributed by atoms with Gasteiger partial charge in [0.25, 0.3) is 0 Å². The molecule has 7 heteroatoms. The minimum Gasteiger partial charge on any atom is -0.461 e. The van der Waals surface area contributed by atoms with Crippen molar-refractivity contribution in [1.29, 1.82) is 0 Å². The standard InChI is InChI=1S/C19H31NO6/c1-5-11-24-15(21)12-19(9-7-6-8-10-19)16(20)18(23)26-14(4)25-17(22)13(2)3/h5,13-14,16H,1,6-12,20H2,2-4H3. The summed E-state index contributed by atoms with van der Waals surface area (Å²) >= 11 is 0. The molecule has 26 heavy (non-hydrogen) atoms. The Bertz CT molecular complexity index is 510. The molecule has 1 aliphatic carbocycles. The number of nitrogens with two attached hydrogens (primary N) is 1. The van der Waals surface area contributed by atoms with Crippen LogP contribution in [0.1, 0.15) is 59.3 Å². The maximum atomic E-state index is 12.5. The number of rotatable bonds is 9. The van der Waals surface area contributed by atoms with Crippen LogP contribution in [0.2, 0.25) is 0 Å². The second kappa shape index (κ2) is 10.3. The number of carbonyl (C=O) groups excluding carboxylic acids is 3. The molecule has 0 spiro atoms. The Morgan fingerprint density at radius 2 is 1.65 bits per heavy atom. The first kappa shape index (κ1) is 22.2. The van der Waals surface area contributed by atoms with Crippen LogP contribution in [0, 0.1) is 11.3 Å². The van der Waals surface area contributed by atoms with Crippen LogP contribution in [0.4, 0.5) is 0 Å². The Balaban J connectivity index is 2.76. The molecule has 0 radical (unpaired) electrons. The lowest BCUT2D eigenvalue weighted by molar-refractivity contribution is -0.190. The lowest BCUT2D eigenvalue weighted by atomic mass is 9.67. The molecule has 1 fully saturated rings. The van der Waals surface area contributed by atoms with Crippen molar-refractivity contribution < 1.29 is 28.6 Å². The van der Waals surface area contributed by atoms with Crippen molar-refractivity contribution in [3.8, 4) is 0 Å². The zero-order chi connectivity index (χ0) is 19.7. The van der Waals surface area contributed by atoms with E-state index in [9.17, 15) is 14.4 Å². The van der Waals surface area contributed by atoms with Crippen LogP contribution in [0.5, 0.6) is 0 Å². The molecule has 148 valence electrons. The minimum absolute atomic E-state index is 0.0528. The van der Waals surface area contributed by atoms with Crippen LogP contribution < -0.4 is 5.73 Å². The molecule has 7 nitrogen and oxygen atoms in total. The van der Waals surface area contributed by atoms with Crippen molar-refractivity contribution in [3.63, 3.8) is 0 Å². The van der Waals surface area contributed by atoms with Gasteiger partial charge in [-0.1, -0.05) is 45.8 Å². The summed E-state index contributed by atoms with van der Waals surface area (Å²) < 4.78 is 15.3. The maximum Gasteiger partial charge on any atom is 0.326 e. The molecule has 0 aromatic carbocycles. The van der Waals surface area contributed by atoms with E-state index in [0.717, 1.165) is 19.3 Å². The van der Waals surface area contributed by atoms with Gasteiger partial charge in [0.15, 0.2) is 0 Å². The second-order valence-corrected chi connectivity index (χ2v) is 7.15. The highest BCUT2D eigenvalue weighted by Crippen LogP contribution is 2.42. The fourth-order valence-corrected chi connectivity index (χ4v) is 3.15. The van der Waals surface area contributed by atoms with E-state index in [1.165, 1.54) is 13.0 Å². The largest absolute Gasteiger partial charge is 0.461 e. The number of carbonyl (C=O) groups is 3. The Morgan fingerprint density at radius 1 is 1.08 bits per heavy atom. The zero-order valence-electron chi connectivity index (χ0n) is 16.0. The second-order valence-electron chi connectivity index (χ2n) is 7.15. The van der Waals surface area contributed by atoms with Gasteiger partial charge in [0.1, 0.15) is 12.6 Å². The van der Waals surface area contributed by atoms with Gasteiger partial charge in [0, 0.05) is 12.3 Å². The SMILES string of the molecule is C=CCOC(=O)CC1(C(N)C(=O)OC(C)OC(=O)C(C)C)CCCCC1. The monoisotopic (exact) mass is 369 g/mol. The van der Waals surface area contributed by atoms with Crippen LogP contribution in [-0.2, 0) is 28.6 Å². The molecule has 0 bridgehead atoms. The molecule has 2 unspecified atom stereocenters. The number of hydrogen-bond acceptors (Lipinski definition) is 7. The first-order chi connectivity index (χ1) is 12.2. The molecular formula is C19H31NO6. The molecule has 0 aromatic heterocycles. The summed E-state index contributed by atoms with van der Waals surface area (Å²) in [5.41, 5.74) is 5.50. The third-order valence-corrected chi connectivity index (χ3v) is 4.66. The van der Waals surface area contributed by atoms with Gasteiger partial charge < -0.3 is 19.9 Å². The summed E-state index contributed by atoms with van der Waals surface area (Å²) in [4.78, 5) is 36.2. The van der Waals surface area contributed by atoms with E-state index in [1.54, 1.807) is 13.8 Å². The Hall–Kier alpha value is -1.89. The Morgan fingerprint density at radius 3 is 2.19 bits per heavy atom. The van der Waals surface area contributed by atoms with Crippen molar-refractivity contribution in [3.05, 3.63) is 12.7 Å². The van der Waals surface area contributed by atoms with Gasteiger partial charge in [0.2, 0.25) is 6.29 Å². The molecule has 1 saturated carbocycles. The highest BCUT2D eigenvalue weighted by Gasteiger charge is 2.45. The summed E-state index contributed by atoms with van der Waals surface area (Å²) in [5, 5.41) is 0. The first-order valence-electron chi connectivity index (χ1n) is 9.15. The molecular weight excluding hydrogens is 338 g/mol. The molecule has 0 amide bonds. The molecule has 2 atom stereocenters. The van der Waals surface area contributed by atoms with Gasteiger partial charge in [-0.25, -0.2) is 0 Å². The minimum atomic E-state index is -1.03. The van der Waals surface area contributed by atoms with Crippen molar-refractivity contribution in [2.75, 3.05) is 6.61 Å². The lowest BCUT2D eigenvalue weighted by Crippen LogP contribution is -2.51. The van der Waals surface area contributed by atoms with Crippen molar-refractivity contribution in [1.82, 2.24) is 0 Å². The smallest absolute Gasteiger partial charge is 0.326 e. The van der Waals surface area contributed by atoms with Crippen molar-refractivity contribution in [2.45, 2.75) is 71.6 Å². The number of ether oxygens (including phenoxy) is 3. The van der Waals surface area contributed by atoms with E-state index < -0.39 is 35.7 Å². The van der Waals surface area contributed by atoms with E-state index in [-0.39, 0.29) is 18.9 Å². The van der Waals surface area contributed by atoms with Crippen LogP contribution in [0.15, 0.2) is 12.7 Å². The molecule has 1 rings (SSSR count). The lowest BCUT2D eigenvalue weighted by Gasteiger charge is -2.40. The Kier molecular flexibility index (Phi) is 8.78. The van der Waals surface area contributed by atoms with E-state index in [0.29, 0.717) is 12.8 Å². The summed E-state index contributed by atoms with van der Waals surface area (Å²) in [6, 6.07) is -0.987. The molecule has 0 saturated heterocycles. The summed E-state index contributed by atoms with van der Waals surface area (Å²) in [6.07, 6.45) is 4.60. The summed E-state index contributed by atoms with van der Waals surface area (Å²) in [7, 11) is 0. The average Bonchev–Trinajstić information content (AvgIpc) is 2.59. The average molecular weight is 369 g/mol. The van der Waals surface area contributed by atoms with E-state index in [4.69, 9.17) is 19.9 Å². The summed E-state index contributed by atoms with van der Waals surface area (Å²) in [5.74, 6) is -1.87. The zero-order valence-corrected chi connectivity index (χ0v) is 16.0. The van der Waals surface area contributed by atoms with Crippen LogP contribution in [0.25, 0.3) is 0 Å². The molecule has 0 heterocycles.